The third-order valence-electron chi connectivity index (χ3n) is 7.29. The fourth-order valence-corrected chi connectivity index (χ4v) is 5.20. The number of nitrogens with one attached hydrogen (secondary N) is 2. The zero-order valence-electron chi connectivity index (χ0n) is 22.0. The molecule has 2 fully saturated rings. The van der Waals surface area contributed by atoms with Gasteiger partial charge in [-0.3, -0.25) is 9.59 Å². The summed E-state index contributed by atoms with van der Waals surface area (Å²) in [6, 6.07) is 13.0. The first kappa shape index (κ1) is 27.6. The minimum Gasteiger partial charge on any atom is -0.378 e. The highest BCUT2D eigenvalue weighted by molar-refractivity contribution is 5.99. The standard InChI is InChI=1S/C29H38N6O3/c30-15-5-11-27(36)35-17-6-8-22(35)20-33-29(37)25-12-13-26(24-10-2-1-7-21(24)19-31)34-28(25)32-16-14-23-9-3-4-18-38-23/h1-2,7,10,12-13,22-23H,3-6,8-9,11,14-18,20,30H2,(H,32,34)(H,33,37). The highest BCUT2D eigenvalue weighted by atomic mass is 16.5. The number of benzene rings is 1. The molecule has 0 saturated carbocycles. The van der Waals surface area contributed by atoms with E-state index in [-0.39, 0.29) is 24.0 Å². The van der Waals surface area contributed by atoms with Gasteiger partial charge in [0.1, 0.15) is 5.82 Å². The number of amides is 2. The van der Waals surface area contributed by atoms with Crippen molar-refractivity contribution in [3.8, 4) is 17.3 Å². The van der Waals surface area contributed by atoms with Gasteiger partial charge in [-0.15, -0.1) is 0 Å². The number of nitrogens with zero attached hydrogens (tertiary/aromatic N) is 3. The smallest absolute Gasteiger partial charge is 0.255 e. The first-order valence-corrected chi connectivity index (χ1v) is 13.7. The topological polar surface area (TPSA) is 133 Å². The summed E-state index contributed by atoms with van der Waals surface area (Å²) in [4.78, 5) is 32.5. The van der Waals surface area contributed by atoms with Crippen molar-refractivity contribution in [3.63, 3.8) is 0 Å². The number of ether oxygens (including phenoxy) is 1. The molecule has 1 aromatic heterocycles. The molecule has 9 nitrogen and oxygen atoms in total. The molecule has 2 aliphatic rings. The summed E-state index contributed by atoms with van der Waals surface area (Å²) in [7, 11) is 0. The van der Waals surface area contributed by atoms with E-state index in [1.807, 2.05) is 23.1 Å². The van der Waals surface area contributed by atoms with E-state index >= 15 is 0 Å². The molecule has 2 aromatic rings. The van der Waals surface area contributed by atoms with Crippen LogP contribution in [0, 0.1) is 11.3 Å². The molecule has 2 amide bonds. The lowest BCUT2D eigenvalue weighted by atomic mass is 10.0. The van der Waals surface area contributed by atoms with Crippen LogP contribution in [0.5, 0.6) is 0 Å². The molecule has 0 radical (unpaired) electrons. The summed E-state index contributed by atoms with van der Waals surface area (Å²) in [5.74, 6) is 0.336. The molecule has 2 unspecified atom stereocenters. The van der Waals surface area contributed by atoms with Crippen molar-refractivity contribution in [2.24, 2.45) is 5.73 Å². The van der Waals surface area contributed by atoms with Crippen LogP contribution in [0.15, 0.2) is 36.4 Å². The number of pyridine rings is 1. The average molecular weight is 519 g/mol. The molecule has 4 rings (SSSR count). The Balaban J connectivity index is 1.48. The van der Waals surface area contributed by atoms with Crippen molar-refractivity contribution < 1.29 is 14.3 Å². The van der Waals surface area contributed by atoms with Crippen LogP contribution in [0.25, 0.3) is 11.3 Å². The Bertz CT molecular complexity index is 1140. The zero-order valence-corrected chi connectivity index (χ0v) is 22.0. The molecule has 9 heteroatoms. The number of carbonyl (C=O) groups excluding carboxylic acids is 2. The molecule has 0 bridgehead atoms. The predicted molar refractivity (Wildman–Crippen MR) is 146 cm³/mol. The van der Waals surface area contributed by atoms with Crippen LogP contribution >= 0.6 is 0 Å². The highest BCUT2D eigenvalue weighted by Gasteiger charge is 2.29. The SMILES string of the molecule is N#Cc1ccccc1-c1ccc(C(=O)NCC2CCCN2C(=O)CCCN)c(NCCC2CCCCO2)n1. The monoisotopic (exact) mass is 518 g/mol. The fraction of sp³-hybridized carbons (Fsp3) is 0.517. The van der Waals surface area contributed by atoms with Gasteiger partial charge in [-0.05, 0) is 69.7 Å². The van der Waals surface area contributed by atoms with Crippen LogP contribution in [0.3, 0.4) is 0 Å². The Labute approximate surface area is 224 Å². The van der Waals surface area contributed by atoms with Gasteiger partial charge in [0, 0.05) is 44.3 Å². The maximum absolute atomic E-state index is 13.3. The van der Waals surface area contributed by atoms with Crippen molar-refractivity contribution in [2.75, 3.05) is 38.1 Å². The van der Waals surface area contributed by atoms with Gasteiger partial charge < -0.3 is 26.0 Å². The lowest BCUT2D eigenvalue weighted by Gasteiger charge is -2.25. The number of nitriles is 1. The van der Waals surface area contributed by atoms with Gasteiger partial charge in [0.25, 0.3) is 5.91 Å². The molecule has 2 aliphatic heterocycles. The highest BCUT2D eigenvalue weighted by Crippen LogP contribution is 2.26. The maximum Gasteiger partial charge on any atom is 0.255 e. The first-order valence-electron chi connectivity index (χ1n) is 13.7. The zero-order chi connectivity index (χ0) is 26.7. The maximum atomic E-state index is 13.3. The Morgan fingerprint density at radius 2 is 2.03 bits per heavy atom. The molecule has 3 heterocycles. The quantitative estimate of drug-likeness (QED) is 0.415. The van der Waals surface area contributed by atoms with Gasteiger partial charge in [0.05, 0.1) is 29.0 Å². The number of aromatic nitrogens is 1. The van der Waals surface area contributed by atoms with E-state index in [4.69, 9.17) is 15.5 Å². The second-order valence-corrected chi connectivity index (χ2v) is 9.94. The van der Waals surface area contributed by atoms with E-state index in [9.17, 15) is 14.9 Å². The van der Waals surface area contributed by atoms with Crippen LogP contribution in [0.2, 0.25) is 0 Å². The number of hydrogen-bond acceptors (Lipinski definition) is 7. The van der Waals surface area contributed by atoms with E-state index < -0.39 is 0 Å². The lowest BCUT2D eigenvalue weighted by Crippen LogP contribution is -2.43. The normalized spacial score (nSPS) is 19.1. The predicted octanol–water partition coefficient (Wildman–Crippen LogP) is 3.45. The van der Waals surface area contributed by atoms with Gasteiger partial charge in [0.15, 0.2) is 0 Å². The van der Waals surface area contributed by atoms with E-state index in [1.165, 1.54) is 6.42 Å². The van der Waals surface area contributed by atoms with Crippen LogP contribution in [0.1, 0.15) is 67.3 Å². The summed E-state index contributed by atoms with van der Waals surface area (Å²) < 4.78 is 5.85. The van der Waals surface area contributed by atoms with Crippen molar-refractivity contribution in [1.82, 2.24) is 15.2 Å². The number of hydrogen-bond donors (Lipinski definition) is 3. The minimum atomic E-state index is -0.240. The molecular formula is C29H38N6O3. The van der Waals surface area contributed by atoms with Crippen LogP contribution in [-0.2, 0) is 9.53 Å². The molecule has 2 saturated heterocycles. The van der Waals surface area contributed by atoms with Crippen LogP contribution in [0.4, 0.5) is 5.82 Å². The Kier molecular flexibility index (Phi) is 10.1. The second kappa shape index (κ2) is 13.9. The molecule has 0 aliphatic carbocycles. The minimum absolute atomic E-state index is 0.0150. The third kappa shape index (κ3) is 7.09. The number of nitrogens with two attached hydrogens (primary N) is 1. The van der Waals surface area contributed by atoms with Gasteiger partial charge in [-0.1, -0.05) is 18.2 Å². The van der Waals surface area contributed by atoms with E-state index in [0.29, 0.717) is 61.7 Å². The number of likely N-dealkylation sites (tertiary alicyclic amines) is 1. The fourth-order valence-electron chi connectivity index (χ4n) is 5.20. The number of carbonyl (C=O) groups is 2. The van der Waals surface area contributed by atoms with E-state index in [2.05, 4.69) is 16.7 Å². The van der Waals surface area contributed by atoms with Gasteiger partial charge in [-0.25, -0.2) is 4.98 Å². The third-order valence-corrected chi connectivity index (χ3v) is 7.29. The van der Waals surface area contributed by atoms with Crippen molar-refractivity contribution in [3.05, 3.63) is 47.5 Å². The summed E-state index contributed by atoms with van der Waals surface area (Å²) in [6.07, 6.45) is 7.25. The number of rotatable bonds is 11. The Morgan fingerprint density at radius 1 is 1.16 bits per heavy atom. The van der Waals surface area contributed by atoms with Gasteiger partial charge in [-0.2, -0.15) is 5.26 Å². The molecule has 2 atom stereocenters. The Hall–Kier alpha value is -3.48. The molecule has 0 spiro atoms. The van der Waals surface area contributed by atoms with Crippen molar-refractivity contribution in [2.45, 2.75) is 63.5 Å². The van der Waals surface area contributed by atoms with Gasteiger partial charge >= 0.3 is 0 Å². The van der Waals surface area contributed by atoms with Crippen molar-refractivity contribution >= 4 is 17.6 Å². The summed E-state index contributed by atoms with van der Waals surface area (Å²) >= 11 is 0. The molecule has 38 heavy (non-hydrogen) atoms. The average Bonchev–Trinajstić information content (AvgIpc) is 3.44. The molecule has 4 N–H and O–H groups in total. The van der Waals surface area contributed by atoms with Crippen LogP contribution < -0.4 is 16.4 Å². The van der Waals surface area contributed by atoms with Crippen molar-refractivity contribution in [1.29, 1.82) is 5.26 Å². The lowest BCUT2D eigenvalue weighted by molar-refractivity contribution is -0.132. The Morgan fingerprint density at radius 3 is 2.82 bits per heavy atom. The first-order chi connectivity index (χ1) is 18.6. The summed E-state index contributed by atoms with van der Waals surface area (Å²) in [5, 5.41) is 15.9. The largest absolute Gasteiger partial charge is 0.378 e. The molecule has 202 valence electrons. The molecule has 1 aromatic carbocycles. The molecular weight excluding hydrogens is 480 g/mol. The summed E-state index contributed by atoms with van der Waals surface area (Å²) in [6.45, 7) is 3.01. The van der Waals surface area contributed by atoms with E-state index in [0.717, 1.165) is 44.3 Å². The second-order valence-electron chi connectivity index (χ2n) is 9.94. The van der Waals surface area contributed by atoms with Gasteiger partial charge in [0.2, 0.25) is 5.91 Å². The summed E-state index contributed by atoms with van der Waals surface area (Å²) in [5.41, 5.74) is 7.88. The number of anilines is 1. The van der Waals surface area contributed by atoms with Crippen LogP contribution in [-0.4, -0.2) is 66.6 Å². The van der Waals surface area contributed by atoms with E-state index in [1.54, 1.807) is 18.2 Å².